The van der Waals surface area contributed by atoms with Crippen LogP contribution in [0.5, 0.6) is 0 Å². The fraction of sp³-hybridized carbons (Fsp3) is 0.100. The Morgan fingerprint density at radius 1 is 1.23 bits per heavy atom. The molecule has 1 aromatic carbocycles. The van der Waals surface area contributed by atoms with Crippen molar-refractivity contribution in [2.45, 2.75) is 6.92 Å². The van der Waals surface area contributed by atoms with Crippen LogP contribution in [0.25, 0.3) is 10.9 Å². The molecule has 0 amide bonds. The van der Waals surface area contributed by atoms with Crippen molar-refractivity contribution in [2.24, 2.45) is 0 Å². The zero-order valence-electron chi connectivity index (χ0n) is 7.01. The minimum Gasteiger partial charge on any atom is -0.255 e. The molecule has 13 heavy (non-hydrogen) atoms. The van der Waals surface area contributed by atoms with E-state index in [4.69, 9.17) is 23.2 Å². The molecule has 1 nitrogen and oxygen atoms in total. The molecule has 0 N–H and O–H groups in total. The zero-order chi connectivity index (χ0) is 9.42. The second-order valence-corrected chi connectivity index (χ2v) is 3.73. The van der Waals surface area contributed by atoms with Gasteiger partial charge >= 0.3 is 0 Å². The van der Waals surface area contributed by atoms with Gasteiger partial charge in [0.15, 0.2) is 0 Å². The Morgan fingerprint density at radius 3 is 2.77 bits per heavy atom. The predicted octanol–water partition coefficient (Wildman–Crippen LogP) is 3.85. The molecule has 0 aliphatic heterocycles. The molecule has 0 aliphatic carbocycles. The molecule has 0 radical (unpaired) electrons. The van der Waals surface area contributed by atoms with Gasteiger partial charge in [0.25, 0.3) is 0 Å². The third-order valence-corrected chi connectivity index (χ3v) is 2.71. The summed E-state index contributed by atoms with van der Waals surface area (Å²) >= 11 is 11.8. The van der Waals surface area contributed by atoms with Crippen LogP contribution in [0, 0.1) is 6.92 Å². The Hall–Kier alpha value is -0.790. The Kier molecular flexibility index (Phi) is 2.14. The SMILES string of the molecule is Cc1ccc2c(Cl)c(Cl)cnc2c1. The minimum absolute atomic E-state index is 0.498. The van der Waals surface area contributed by atoms with E-state index in [1.54, 1.807) is 6.20 Å². The molecule has 1 heterocycles. The molecule has 0 fully saturated rings. The van der Waals surface area contributed by atoms with E-state index in [-0.39, 0.29) is 0 Å². The summed E-state index contributed by atoms with van der Waals surface area (Å²) in [6, 6.07) is 5.91. The second-order valence-electron chi connectivity index (χ2n) is 2.94. The van der Waals surface area contributed by atoms with E-state index >= 15 is 0 Å². The lowest BCUT2D eigenvalue weighted by molar-refractivity contribution is 1.39. The van der Waals surface area contributed by atoms with E-state index in [0.717, 1.165) is 10.9 Å². The number of hydrogen-bond acceptors (Lipinski definition) is 1. The van der Waals surface area contributed by atoms with Crippen LogP contribution in [0.15, 0.2) is 24.4 Å². The van der Waals surface area contributed by atoms with Gasteiger partial charge in [0, 0.05) is 11.6 Å². The first-order valence-electron chi connectivity index (χ1n) is 3.89. The molecule has 1 aromatic heterocycles. The number of benzene rings is 1. The molecule has 0 aliphatic rings. The fourth-order valence-corrected chi connectivity index (χ4v) is 1.60. The summed E-state index contributed by atoms with van der Waals surface area (Å²) in [5, 5.41) is 1.98. The van der Waals surface area contributed by atoms with Crippen molar-refractivity contribution in [1.29, 1.82) is 0 Å². The van der Waals surface area contributed by atoms with Gasteiger partial charge in [0.1, 0.15) is 0 Å². The van der Waals surface area contributed by atoms with Gasteiger partial charge < -0.3 is 0 Å². The fourth-order valence-electron chi connectivity index (χ4n) is 1.25. The number of nitrogens with zero attached hydrogens (tertiary/aromatic N) is 1. The molecule has 3 heteroatoms. The standard InChI is InChI=1S/C10H7Cl2N/c1-6-2-3-7-9(4-6)13-5-8(11)10(7)12/h2-5H,1H3. The molecular formula is C10H7Cl2N. The van der Waals surface area contributed by atoms with Crippen LogP contribution in [0.4, 0.5) is 0 Å². The lowest BCUT2D eigenvalue weighted by Gasteiger charge is -2.01. The number of aryl methyl sites for hydroxylation is 1. The summed E-state index contributed by atoms with van der Waals surface area (Å²) in [6.07, 6.45) is 1.58. The van der Waals surface area contributed by atoms with E-state index in [1.807, 2.05) is 25.1 Å². The van der Waals surface area contributed by atoms with Crippen LogP contribution in [0.1, 0.15) is 5.56 Å². The summed E-state index contributed by atoms with van der Waals surface area (Å²) in [5.74, 6) is 0. The van der Waals surface area contributed by atoms with Crippen molar-refractivity contribution >= 4 is 34.1 Å². The highest BCUT2D eigenvalue weighted by molar-refractivity contribution is 6.45. The molecular weight excluding hydrogens is 205 g/mol. The average molecular weight is 212 g/mol. The maximum Gasteiger partial charge on any atom is 0.0782 e. The number of halogens is 2. The Morgan fingerprint density at radius 2 is 2.00 bits per heavy atom. The first-order valence-corrected chi connectivity index (χ1v) is 4.64. The minimum atomic E-state index is 0.498. The zero-order valence-corrected chi connectivity index (χ0v) is 8.52. The third kappa shape index (κ3) is 1.50. The number of aromatic nitrogens is 1. The molecule has 0 atom stereocenters. The van der Waals surface area contributed by atoms with E-state index in [9.17, 15) is 0 Å². The predicted molar refractivity (Wildman–Crippen MR) is 56.5 cm³/mol. The summed E-state index contributed by atoms with van der Waals surface area (Å²) in [4.78, 5) is 4.19. The summed E-state index contributed by atoms with van der Waals surface area (Å²) in [5.41, 5.74) is 2.05. The largest absolute Gasteiger partial charge is 0.255 e. The Balaban J connectivity index is 2.87. The van der Waals surface area contributed by atoms with Crippen molar-refractivity contribution in [3.8, 4) is 0 Å². The highest BCUT2D eigenvalue weighted by atomic mass is 35.5. The Bertz CT molecular complexity index is 466. The highest BCUT2D eigenvalue weighted by Gasteiger charge is 2.03. The summed E-state index contributed by atoms with van der Waals surface area (Å²) in [7, 11) is 0. The number of pyridine rings is 1. The molecule has 2 aromatic rings. The topological polar surface area (TPSA) is 12.9 Å². The quantitative estimate of drug-likeness (QED) is 0.646. The maximum atomic E-state index is 6.01. The van der Waals surface area contributed by atoms with Gasteiger partial charge in [-0.05, 0) is 18.6 Å². The van der Waals surface area contributed by atoms with Crippen LogP contribution in [0.2, 0.25) is 10.0 Å². The van der Waals surface area contributed by atoms with Crippen molar-refractivity contribution in [3.05, 3.63) is 40.0 Å². The first-order chi connectivity index (χ1) is 6.18. The van der Waals surface area contributed by atoms with Crippen molar-refractivity contribution in [2.75, 3.05) is 0 Å². The van der Waals surface area contributed by atoms with E-state index in [2.05, 4.69) is 4.98 Å². The molecule has 0 unspecified atom stereocenters. The van der Waals surface area contributed by atoms with Gasteiger partial charge in [-0.1, -0.05) is 35.3 Å². The van der Waals surface area contributed by atoms with E-state index in [0.29, 0.717) is 10.0 Å². The van der Waals surface area contributed by atoms with Crippen LogP contribution >= 0.6 is 23.2 Å². The van der Waals surface area contributed by atoms with Crippen molar-refractivity contribution in [3.63, 3.8) is 0 Å². The van der Waals surface area contributed by atoms with Crippen LogP contribution in [-0.4, -0.2) is 4.98 Å². The van der Waals surface area contributed by atoms with Crippen LogP contribution < -0.4 is 0 Å². The third-order valence-electron chi connectivity index (χ3n) is 1.92. The van der Waals surface area contributed by atoms with Crippen LogP contribution in [0.3, 0.4) is 0 Å². The van der Waals surface area contributed by atoms with Gasteiger partial charge in [-0.15, -0.1) is 0 Å². The smallest absolute Gasteiger partial charge is 0.0782 e. The van der Waals surface area contributed by atoms with Crippen molar-refractivity contribution in [1.82, 2.24) is 4.98 Å². The highest BCUT2D eigenvalue weighted by Crippen LogP contribution is 2.29. The second kappa shape index (κ2) is 3.17. The molecule has 2 rings (SSSR count). The number of hydrogen-bond donors (Lipinski definition) is 0. The lowest BCUT2D eigenvalue weighted by atomic mass is 10.1. The van der Waals surface area contributed by atoms with E-state index in [1.165, 1.54) is 5.56 Å². The number of fused-ring (bicyclic) bond motifs is 1. The molecule has 0 saturated carbocycles. The normalized spacial score (nSPS) is 10.7. The van der Waals surface area contributed by atoms with Gasteiger partial charge in [0.2, 0.25) is 0 Å². The van der Waals surface area contributed by atoms with Crippen molar-refractivity contribution < 1.29 is 0 Å². The lowest BCUT2D eigenvalue weighted by Crippen LogP contribution is -1.82. The first kappa shape index (κ1) is 8.79. The van der Waals surface area contributed by atoms with Gasteiger partial charge in [0.05, 0.1) is 15.6 Å². The summed E-state index contributed by atoms with van der Waals surface area (Å²) in [6.45, 7) is 2.02. The molecule has 0 spiro atoms. The van der Waals surface area contributed by atoms with Gasteiger partial charge in [-0.2, -0.15) is 0 Å². The monoisotopic (exact) mass is 211 g/mol. The van der Waals surface area contributed by atoms with Gasteiger partial charge in [-0.3, -0.25) is 4.98 Å². The van der Waals surface area contributed by atoms with Crippen LogP contribution in [-0.2, 0) is 0 Å². The number of rotatable bonds is 0. The molecule has 66 valence electrons. The van der Waals surface area contributed by atoms with E-state index < -0.39 is 0 Å². The van der Waals surface area contributed by atoms with Gasteiger partial charge in [-0.25, -0.2) is 0 Å². The average Bonchev–Trinajstić information content (AvgIpc) is 2.12. The molecule has 0 bridgehead atoms. The molecule has 0 saturated heterocycles. The Labute approximate surface area is 86.3 Å². The summed E-state index contributed by atoms with van der Waals surface area (Å²) < 4.78 is 0. The maximum absolute atomic E-state index is 6.01.